The van der Waals surface area contributed by atoms with Crippen LogP contribution in [-0.4, -0.2) is 56.0 Å². The Hall–Kier alpha value is -1.43. The molecule has 3 aliphatic rings. The lowest BCUT2D eigenvalue weighted by Gasteiger charge is -2.49. The zero-order chi connectivity index (χ0) is 18.7. The van der Waals surface area contributed by atoms with E-state index in [4.69, 9.17) is 9.47 Å². The van der Waals surface area contributed by atoms with Crippen molar-refractivity contribution >= 4 is 5.91 Å². The van der Waals surface area contributed by atoms with Crippen LogP contribution in [0.15, 0.2) is 30.3 Å². The topological polar surface area (TPSA) is 50.8 Å². The Labute approximate surface area is 162 Å². The molecule has 2 heterocycles. The van der Waals surface area contributed by atoms with Crippen LogP contribution in [0.3, 0.4) is 0 Å². The lowest BCUT2D eigenvalue weighted by molar-refractivity contribution is -0.202. The third kappa shape index (κ3) is 4.36. The maximum atomic E-state index is 12.7. The molecule has 1 aliphatic carbocycles. The number of hydrogen-bond acceptors (Lipinski definition) is 4. The number of nitrogens with one attached hydrogen (secondary N) is 1. The molecule has 1 N–H and O–H groups in total. The number of amides is 1. The molecule has 1 spiro atoms. The van der Waals surface area contributed by atoms with Crippen LogP contribution in [0.1, 0.15) is 37.7 Å². The van der Waals surface area contributed by atoms with Crippen LogP contribution in [0.5, 0.6) is 0 Å². The van der Waals surface area contributed by atoms with Crippen molar-refractivity contribution in [2.45, 2.75) is 50.4 Å². The van der Waals surface area contributed by atoms with E-state index in [2.05, 4.69) is 41.5 Å². The average molecular weight is 373 g/mol. The van der Waals surface area contributed by atoms with Gasteiger partial charge in [-0.25, -0.2) is 0 Å². The molecule has 0 unspecified atom stereocenters. The van der Waals surface area contributed by atoms with Gasteiger partial charge >= 0.3 is 0 Å². The molecule has 148 valence electrons. The fourth-order valence-electron chi connectivity index (χ4n) is 5.23. The fraction of sp³-hybridized carbons (Fsp3) is 0.682. The molecular weight excluding hydrogens is 340 g/mol. The maximum absolute atomic E-state index is 12.7. The first-order chi connectivity index (χ1) is 13.2. The maximum Gasteiger partial charge on any atom is 0.224 e. The monoisotopic (exact) mass is 372 g/mol. The Morgan fingerprint density at radius 3 is 2.81 bits per heavy atom. The Balaban J connectivity index is 1.26. The molecule has 1 aromatic rings. The number of benzene rings is 1. The first-order valence-corrected chi connectivity index (χ1v) is 10.4. The van der Waals surface area contributed by atoms with Gasteiger partial charge < -0.3 is 19.7 Å². The third-order valence-electron chi connectivity index (χ3n) is 6.57. The third-order valence-corrected chi connectivity index (χ3v) is 6.57. The molecule has 0 radical (unpaired) electrons. The highest BCUT2D eigenvalue weighted by atomic mass is 16.7. The molecule has 5 nitrogen and oxygen atoms in total. The Bertz CT molecular complexity index is 630. The minimum atomic E-state index is -0.365. The van der Waals surface area contributed by atoms with Gasteiger partial charge in [0.25, 0.3) is 0 Å². The number of ether oxygens (including phenoxy) is 2. The van der Waals surface area contributed by atoms with Crippen molar-refractivity contribution in [1.82, 2.24) is 10.2 Å². The number of piperidine rings is 1. The number of likely N-dealkylation sites (tertiary alicyclic amines) is 1. The second kappa shape index (κ2) is 8.29. The molecule has 4 rings (SSSR count). The van der Waals surface area contributed by atoms with Crippen molar-refractivity contribution < 1.29 is 14.3 Å². The highest BCUT2D eigenvalue weighted by molar-refractivity contribution is 5.79. The standard InChI is InChI=1S/C22H32N2O3/c1-24-16-19(21(25)23-11-5-8-17-6-3-2-4-7-17)14-18-15-22(10-9-20(18)24)26-12-13-27-22/h2-4,6-7,18-20H,5,8-16H2,1H3,(H,23,25)/t18-,19-,20-/m1/s1. The lowest BCUT2D eigenvalue weighted by Crippen LogP contribution is -2.55. The Morgan fingerprint density at radius 2 is 2.04 bits per heavy atom. The number of fused-ring (bicyclic) bond motifs is 1. The molecule has 0 aromatic heterocycles. The van der Waals surface area contributed by atoms with Gasteiger partial charge in [-0.3, -0.25) is 4.79 Å². The summed E-state index contributed by atoms with van der Waals surface area (Å²) in [5.74, 6) is 0.400. The normalized spacial score (nSPS) is 30.2. The van der Waals surface area contributed by atoms with Crippen LogP contribution in [0.2, 0.25) is 0 Å². The number of nitrogens with zero attached hydrogens (tertiary/aromatic N) is 1. The summed E-state index contributed by atoms with van der Waals surface area (Å²) in [7, 11) is 2.17. The van der Waals surface area contributed by atoms with Crippen molar-refractivity contribution in [3.8, 4) is 0 Å². The molecule has 0 bridgehead atoms. The molecule has 1 aromatic carbocycles. The number of aryl methyl sites for hydroxylation is 1. The highest BCUT2D eigenvalue weighted by Gasteiger charge is 2.49. The number of hydrogen-bond donors (Lipinski definition) is 1. The SMILES string of the molecule is CN1C[C@H](C(=O)NCCCc2ccccc2)C[C@@H]2CC3(CC[C@H]21)OCCO3. The summed E-state index contributed by atoms with van der Waals surface area (Å²) in [5.41, 5.74) is 1.33. The molecule has 2 saturated heterocycles. The van der Waals surface area contributed by atoms with E-state index in [9.17, 15) is 4.79 Å². The van der Waals surface area contributed by atoms with E-state index in [1.807, 2.05) is 6.07 Å². The second-order valence-electron chi connectivity index (χ2n) is 8.43. The van der Waals surface area contributed by atoms with E-state index in [0.717, 1.165) is 51.6 Å². The molecule has 3 fully saturated rings. The predicted octanol–water partition coefficient (Wildman–Crippen LogP) is 2.60. The average Bonchev–Trinajstić information content (AvgIpc) is 3.13. The van der Waals surface area contributed by atoms with E-state index in [0.29, 0.717) is 25.2 Å². The van der Waals surface area contributed by atoms with Gasteiger partial charge in [-0.1, -0.05) is 30.3 Å². The van der Waals surface area contributed by atoms with Crippen LogP contribution in [-0.2, 0) is 20.7 Å². The number of rotatable bonds is 5. The molecular formula is C22H32N2O3. The first-order valence-electron chi connectivity index (χ1n) is 10.4. The van der Waals surface area contributed by atoms with Crippen molar-refractivity contribution in [3.05, 3.63) is 35.9 Å². The smallest absolute Gasteiger partial charge is 0.224 e. The summed E-state index contributed by atoms with van der Waals surface area (Å²) in [6, 6.07) is 11.0. The molecule has 3 atom stereocenters. The lowest BCUT2D eigenvalue weighted by atomic mass is 9.72. The van der Waals surface area contributed by atoms with Crippen LogP contribution < -0.4 is 5.32 Å². The quantitative estimate of drug-likeness (QED) is 0.808. The molecule has 5 heteroatoms. The summed E-state index contributed by atoms with van der Waals surface area (Å²) >= 11 is 0. The zero-order valence-electron chi connectivity index (χ0n) is 16.4. The van der Waals surface area contributed by atoms with Crippen molar-refractivity contribution in [2.24, 2.45) is 11.8 Å². The van der Waals surface area contributed by atoms with Crippen molar-refractivity contribution in [1.29, 1.82) is 0 Å². The summed E-state index contributed by atoms with van der Waals surface area (Å²) in [6.07, 6.45) is 5.96. The van der Waals surface area contributed by atoms with Crippen LogP contribution in [0.25, 0.3) is 0 Å². The van der Waals surface area contributed by atoms with E-state index in [1.165, 1.54) is 5.56 Å². The van der Waals surface area contributed by atoms with Crippen LogP contribution in [0.4, 0.5) is 0 Å². The number of carbonyl (C=O) groups is 1. The van der Waals surface area contributed by atoms with E-state index in [-0.39, 0.29) is 17.6 Å². The van der Waals surface area contributed by atoms with Gasteiger partial charge in [0.05, 0.1) is 19.1 Å². The molecule has 1 saturated carbocycles. The van der Waals surface area contributed by atoms with E-state index in [1.54, 1.807) is 0 Å². The zero-order valence-corrected chi connectivity index (χ0v) is 16.4. The summed E-state index contributed by atoms with van der Waals surface area (Å²) < 4.78 is 11.9. The van der Waals surface area contributed by atoms with Gasteiger partial charge in [-0.05, 0) is 44.2 Å². The summed E-state index contributed by atoms with van der Waals surface area (Å²) in [4.78, 5) is 15.1. The van der Waals surface area contributed by atoms with Crippen LogP contribution >= 0.6 is 0 Å². The second-order valence-corrected chi connectivity index (χ2v) is 8.43. The first kappa shape index (κ1) is 18.9. The van der Waals surface area contributed by atoms with Gasteiger partial charge in [0.15, 0.2) is 5.79 Å². The highest BCUT2D eigenvalue weighted by Crippen LogP contribution is 2.44. The van der Waals surface area contributed by atoms with Gasteiger partial charge in [-0.2, -0.15) is 0 Å². The summed E-state index contributed by atoms with van der Waals surface area (Å²) in [5, 5.41) is 3.17. The van der Waals surface area contributed by atoms with Gasteiger partial charge in [0.2, 0.25) is 5.91 Å². The fourth-order valence-corrected chi connectivity index (χ4v) is 5.23. The van der Waals surface area contributed by atoms with Gasteiger partial charge in [0, 0.05) is 32.0 Å². The van der Waals surface area contributed by atoms with Crippen molar-refractivity contribution in [3.63, 3.8) is 0 Å². The van der Waals surface area contributed by atoms with Gasteiger partial charge in [-0.15, -0.1) is 0 Å². The van der Waals surface area contributed by atoms with Gasteiger partial charge in [0.1, 0.15) is 0 Å². The number of carbonyl (C=O) groups excluding carboxylic acids is 1. The van der Waals surface area contributed by atoms with Crippen molar-refractivity contribution in [2.75, 3.05) is 33.4 Å². The van der Waals surface area contributed by atoms with E-state index >= 15 is 0 Å². The largest absolute Gasteiger partial charge is 0.356 e. The van der Waals surface area contributed by atoms with Crippen LogP contribution in [0, 0.1) is 11.8 Å². The molecule has 2 aliphatic heterocycles. The molecule has 27 heavy (non-hydrogen) atoms. The Kier molecular flexibility index (Phi) is 5.81. The summed E-state index contributed by atoms with van der Waals surface area (Å²) in [6.45, 7) is 3.02. The minimum absolute atomic E-state index is 0.0736. The minimum Gasteiger partial charge on any atom is -0.356 e. The molecule has 1 amide bonds. The predicted molar refractivity (Wildman–Crippen MR) is 104 cm³/mol. The Morgan fingerprint density at radius 1 is 1.26 bits per heavy atom. The van der Waals surface area contributed by atoms with E-state index < -0.39 is 0 Å².